The Morgan fingerprint density at radius 1 is 0.825 bits per heavy atom. The van der Waals surface area contributed by atoms with Crippen LogP contribution in [0.5, 0.6) is 0 Å². The minimum atomic E-state index is -0.833. The second-order valence-electron chi connectivity index (χ2n) is 14.3. The molecular weight excluding hydrogens is 506 g/mol. The van der Waals surface area contributed by atoms with Crippen molar-refractivity contribution in [3.63, 3.8) is 0 Å². The van der Waals surface area contributed by atoms with Crippen LogP contribution in [0.25, 0.3) is 0 Å². The van der Waals surface area contributed by atoms with Gasteiger partial charge in [-0.3, -0.25) is 9.59 Å². The second kappa shape index (κ2) is 11.4. The van der Waals surface area contributed by atoms with Crippen LogP contribution in [0, 0.1) is 11.8 Å². The molecule has 0 aromatic heterocycles. The van der Waals surface area contributed by atoms with Crippen LogP contribution in [-0.2, 0) is 19.9 Å². The number of hydrogen-bond acceptors (Lipinski definition) is 7. The number of hydrogen-bond donors (Lipinski definition) is 5. The van der Waals surface area contributed by atoms with Gasteiger partial charge in [-0.15, -0.1) is 0 Å². The van der Waals surface area contributed by atoms with E-state index < -0.39 is 11.5 Å². The van der Waals surface area contributed by atoms with Crippen LogP contribution in [0.15, 0.2) is 24.3 Å². The Morgan fingerprint density at radius 2 is 1.23 bits per heavy atom. The van der Waals surface area contributed by atoms with Crippen molar-refractivity contribution in [2.75, 3.05) is 20.2 Å². The van der Waals surface area contributed by atoms with Crippen LogP contribution in [0.2, 0.25) is 0 Å². The molecule has 6 N–H and O–H groups in total. The van der Waals surface area contributed by atoms with Gasteiger partial charge in [0.1, 0.15) is 0 Å². The van der Waals surface area contributed by atoms with Gasteiger partial charge in [0, 0.05) is 40.8 Å². The van der Waals surface area contributed by atoms with Gasteiger partial charge in [0.2, 0.25) is 11.8 Å². The van der Waals surface area contributed by atoms with Gasteiger partial charge >= 0.3 is 5.97 Å². The molecule has 40 heavy (non-hydrogen) atoms. The molecule has 2 fully saturated rings. The summed E-state index contributed by atoms with van der Waals surface area (Å²) >= 11 is 0. The summed E-state index contributed by atoms with van der Waals surface area (Å²) in [4.78, 5) is 38.3. The summed E-state index contributed by atoms with van der Waals surface area (Å²) in [5.41, 5.74) is 6.61. The maximum absolute atomic E-state index is 13.2. The minimum Gasteiger partial charge on any atom is -0.465 e. The zero-order valence-electron chi connectivity index (χ0n) is 25.9. The molecule has 224 valence electrons. The molecule has 0 aliphatic carbocycles. The lowest BCUT2D eigenvalue weighted by molar-refractivity contribution is -0.127. The van der Waals surface area contributed by atoms with E-state index in [1.54, 1.807) is 12.1 Å². The van der Waals surface area contributed by atoms with Crippen molar-refractivity contribution in [2.45, 2.75) is 109 Å². The highest BCUT2D eigenvalue weighted by Crippen LogP contribution is 2.37. The van der Waals surface area contributed by atoms with E-state index in [0.717, 1.165) is 18.4 Å². The molecule has 2 heterocycles. The summed E-state index contributed by atoms with van der Waals surface area (Å²) in [6, 6.07) is 7.05. The van der Waals surface area contributed by atoms with E-state index >= 15 is 0 Å². The van der Waals surface area contributed by atoms with E-state index in [-0.39, 0.29) is 45.8 Å². The Bertz CT molecular complexity index is 1040. The number of nitrogens with two attached hydrogens (primary N) is 1. The zero-order valence-corrected chi connectivity index (χ0v) is 25.9. The standard InChI is InChI=1S/C31H51N5O4/c1-27(2)18-22(29(5,6)35-27)24(37)33-16-14-31(32,21-12-10-20(11-13-21)26(39)40-9)15-17-34-25(38)23-19-28(3,4)36-30(23,7)8/h10-13,22-23,35-36H,14-19,32H2,1-9H3,(H,33,37)(H,34,38). The molecule has 1 aromatic rings. The Morgan fingerprint density at radius 3 is 1.55 bits per heavy atom. The Balaban J connectivity index is 1.69. The van der Waals surface area contributed by atoms with Gasteiger partial charge in [-0.1, -0.05) is 12.1 Å². The quantitative estimate of drug-likeness (QED) is 0.279. The van der Waals surface area contributed by atoms with Gasteiger partial charge in [0.15, 0.2) is 0 Å². The first-order valence-electron chi connectivity index (χ1n) is 14.4. The number of ether oxygens (including phenoxy) is 1. The second-order valence-corrected chi connectivity index (χ2v) is 14.3. The van der Waals surface area contributed by atoms with Gasteiger partial charge in [0.25, 0.3) is 0 Å². The number of carbonyl (C=O) groups excluding carboxylic acids is 3. The third kappa shape index (κ3) is 7.42. The average molecular weight is 558 g/mol. The van der Waals surface area contributed by atoms with Crippen molar-refractivity contribution in [3.05, 3.63) is 35.4 Å². The number of amides is 2. The van der Waals surface area contributed by atoms with Crippen molar-refractivity contribution < 1.29 is 19.1 Å². The molecule has 2 unspecified atom stereocenters. The number of esters is 1. The Labute approximate surface area is 240 Å². The SMILES string of the molecule is COC(=O)c1ccc(C(N)(CCNC(=O)C2CC(C)(C)NC2(C)C)CCNC(=O)C2CC(C)(C)NC2(C)C)cc1. The van der Waals surface area contributed by atoms with Crippen molar-refractivity contribution in [1.29, 1.82) is 0 Å². The summed E-state index contributed by atoms with van der Waals surface area (Å²) < 4.78 is 4.83. The van der Waals surface area contributed by atoms with Gasteiger partial charge in [-0.25, -0.2) is 4.79 Å². The highest BCUT2D eigenvalue weighted by atomic mass is 16.5. The maximum Gasteiger partial charge on any atom is 0.337 e. The van der Waals surface area contributed by atoms with Gasteiger partial charge in [-0.05, 0) is 98.8 Å². The molecule has 2 atom stereocenters. The smallest absolute Gasteiger partial charge is 0.337 e. The fourth-order valence-corrected chi connectivity index (χ4v) is 6.93. The first-order chi connectivity index (χ1) is 18.3. The van der Waals surface area contributed by atoms with Gasteiger partial charge in [0.05, 0.1) is 24.5 Å². The first-order valence-corrected chi connectivity index (χ1v) is 14.4. The molecule has 0 bridgehead atoms. The highest BCUT2D eigenvalue weighted by molar-refractivity contribution is 5.89. The van der Waals surface area contributed by atoms with E-state index in [1.165, 1.54) is 7.11 Å². The Hall–Kier alpha value is -2.49. The summed E-state index contributed by atoms with van der Waals surface area (Å²) in [5, 5.41) is 13.3. The molecular formula is C31H51N5O4. The van der Waals surface area contributed by atoms with Crippen molar-refractivity contribution in [3.8, 4) is 0 Å². The highest BCUT2D eigenvalue weighted by Gasteiger charge is 2.48. The topological polar surface area (TPSA) is 135 Å². The lowest BCUT2D eigenvalue weighted by atomic mass is 9.83. The average Bonchev–Trinajstić information content (AvgIpc) is 3.22. The molecule has 2 amide bonds. The van der Waals surface area contributed by atoms with Crippen LogP contribution < -0.4 is 27.0 Å². The normalized spacial score (nSPS) is 25.6. The predicted octanol–water partition coefficient (Wildman–Crippen LogP) is 2.97. The van der Waals surface area contributed by atoms with E-state index in [2.05, 4.69) is 76.7 Å². The number of rotatable bonds is 10. The van der Waals surface area contributed by atoms with E-state index in [1.807, 2.05) is 12.1 Å². The van der Waals surface area contributed by atoms with E-state index in [4.69, 9.17) is 10.5 Å². The molecule has 2 saturated heterocycles. The first kappa shape index (κ1) is 32.0. The summed E-state index contributed by atoms with van der Waals surface area (Å²) in [5.74, 6) is -0.696. The molecule has 3 rings (SSSR count). The maximum atomic E-state index is 13.2. The third-order valence-electron chi connectivity index (χ3n) is 8.75. The summed E-state index contributed by atoms with van der Waals surface area (Å²) in [6.45, 7) is 17.5. The van der Waals surface area contributed by atoms with Crippen LogP contribution >= 0.6 is 0 Å². The van der Waals surface area contributed by atoms with Gasteiger partial charge in [-0.2, -0.15) is 0 Å². The number of methoxy groups -OCH3 is 1. The van der Waals surface area contributed by atoms with Crippen LogP contribution in [0.1, 0.15) is 97.0 Å². The Kier molecular flexibility index (Phi) is 9.14. The van der Waals surface area contributed by atoms with E-state index in [0.29, 0.717) is 31.5 Å². The van der Waals surface area contributed by atoms with Crippen molar-refractivity contribution in [1.82, 2.24) is 21.3 Å². The minimum absolute atomic E-state index is 0.0124. The van der Waals surface area contributed by atoms with Crippen LogP contribution in [0.4, 0.5) is 0 Å². The summed E-state index contributed by atoms with van der Waals surface area (Å²) in [6.07, 6.45) is 2.45. The number of nitrogens with one attached hydrogen (secondary N) is 4. The molecule has 2 aliphatic rings. The van der Waals surface area contributed by atoms with Crippen molar-refractivity contribution >= 4 is 17.8 Å². The third-order valence-corrected chi connectivity index (χ3v) is 8.75. The molecule has 9 nitrogen and oxygen atoms in total. The molecule has 0 spiro atoms. The fraction of sp³-hybridized carbons (Fsp3) is 0.710. The molecule has 0 radical (unpaired) electrons. The van der Waals surface area contributed by atoms with Crippen LogP contribution in [-0.4, -0.2) is 60.1 Å². The predicted molar refractivity (Wildman–Crippen MR) is 158 cm³/mol. The monoisotopic (exact) mass is 557 g/mol. The zero-order chi connectivity index (χ0) is 30.1. The lowest BCUT2D eigenvalue weighted by Gasteiger charge is -2.32. The molecule has 1 aromatic carbocycles. The van der Waals surface area contributed by atoms with Crippen molar-refractivity contribution in [2.24, 2.45) is 17.6 Å². The summed E-state index contributed by atoms with van der Waals surface area (Å²) in [7, 11) is 1.35. The van der Waals surface area contributed by atoms with E-state index in [9.17, 15) is 14.4 Å². The molecule has 0 saturated carbocycles. The van der Waals surface area contributed by atoms with Gasteiger partial charge < -0.3 is 31.7 Å². The number of carbonyl (C=O) groups is 3. The lowest BCUT2D eigenvalue weighted by Crippen LogP contribution is -2.50. The fourth-order valence-electron chi connectivity index (χ4n) is 6.93. The largest absolute Gasteiger partial charge is 0.465 e. The number of benzene rings is 1. The molecule has 2 aliphatic heterocycles. The van der Waals surface area contributed by atoms with Crippen LogP contribution in [0.3, 0.4) is 0 Å². The molecule has 9 heteroatoms.